The van der Waals surface area contributed by atoms with Crippen molar-refractivity contribution in [1.29, 1.82) is 0 Å². The van der Waals surface area contributed by atoms with Crippen molar-refractivity contribution in [2.75, 3.05) is 41.8 Å². The Hall–Kier alpha value is -3.11. The summed E-state index contributed by atoms with van der Waals surface area (Å²) in [5.41, 5.74) is 2.46. The van der Waals surface area contributed by atoms with E-state index in [1.165, 1.54) is 11.1 Å². The Balaban J connectivity index is 1.53. The number of benzene rings is 1. The second kappa shape index (κ2) is 9.80. The number of esters is 1. The van der Waals surface area contributed by atoms with Gasteiger partial charge in [0.05, 0.1) is 12.5 Å². The zero-order valence-corrected chi connectivity index (χ0v) is 18.4. The molecule has 1 atom stereocenters. The number of nitrogens with one attached hydrogen (secondary N) is 2. The SMILES string of the molecule is CCOC(=O)C1CCCN(c2nc(NCC(F)(F)F)nc(NC3Cc4ccccc4C3)n2)C1. The van der Waals surface area contributed by atoms with Crippen LogP contribution >= 0.6 is 0 Å². The molecule has 1 unspecified atom stereocenters. The molecular weight excluding hydrogens is 437 g/mol. The van der Waals surface area contributed by atoms with E-state index < -0.39 is 12.7 Å². The van der Waals surface area contributed by atoms with Crippen LogP contribution in [-0.2, 0) is 22.4 Å². The van der Waals surface area contributed by atoms with Crippen molar-refractivity contribution >= 4 is 23.8 Å². The number of anilines is 3. The van der Waals surface area contributed by atoms with Crippen molar-refractivity contribution in [3.8, 4) is 0 Å². The van der Waals surface area contributed by atoms with Crippen LogP contribution in [0, 0.1) is 5.92 Å². The summed E-state index contributed by atoms with van der Waals surface area (Å²) in [6.07, 6.45) is -1.45. The van der Waals surface area contributed by atoms with Crippen molar-refractivity contribution in [2.45, 2.75) is 44.8 Å². The van der Waals surface area contributed by atoms with Crippen molar-refractivity contribution in [3.05, 3.63) is 35.4 Å². The lowest BCUT2D eigenvalue weighted by molar-refractivity contribution is -0.148. The minimum atomic E-state index is -4.41. The second-order valence-corrected chi connectivity index (χ2v) is 8.31. The molecule has 1 fully saturated rings. The molecule has 1 aromatic carbocycles. The highest BCUT2D eigenvalue weighted by atomic mass is 19.4. The van der Waals surface area contributed by atoms with E-state index in [0.29, 0.717) is 26.1 Å². The Kier molecular flexibility index (Phi) is 6.85. The maximum absolute atomic E-state index is 12.8. The third-order valence-corrected chi connectivity index (χ3v) is 5.78. The van der Waals surface area contributed by atoms with Crippen LogP contribution in [-0.4, -0.2) is 59.4 Å². The highest BCUT2D eigenvalue weighted by molar-refractivity contribution is 5.73. The Bertz CT molecular complexity index is 962. The Morgan fingerprint density at radius 2 is 1.85 bits per heavy atom. The van der Waals surface area contributed by atoms with Gasteiger partial charge in [0.1, 0.15) is 6.54 Å². The first-order chi connectivity index (χ1) is 15.8. The molecule has 0 amide bonds. The molecule has 2 N–H and O–H groups in total. The van der Waals surface area contributed by atoms with Crippen molar-refractivity contribution < 1.29 is 22.7 Å². The first-order valence-corrected chi connectivity index (χ1v) is 11.1. The number of nitrogens with zero attached hydrogens (tertiary/aromatic N) is 4. The molecule has 1 aliphatic heterocycles. The van der Waals surface area contributed by atoms with E-state index in [9.17, 15) is 18.0 Å². The molecule has 8 nitrogen and oxygen atoms in total. The molecule has 0 saturated carbocycles. The third kappa shape index (κ3) is 6.02. The molecule has 11 heteroatoms. The quantitative estimate of drug-likeness (QED) is 0.604. The maximum Gasteiger partial charge on any atom is 0.405 e. The second-order valence-electron chi connectivity index (χ2n) is 8.31. The number of halogens is 3. The number of hydrogen-bond donors (Lipinski definition) is 2. The number of rotatable bonds is 7. The molecule has 0 radical (unpaired) electrons. The van der Waals surface area contributed by atoms with Gasteiger partial charge in [0.25, 0.3) is 0 Å². The number of alkyl halides is 3. The van der Waals surface area contributed by atoms with E-state index in [1.807, 2.05) is 12.1 Å². The molecule has 178 valence electrons. The lowest BCUT2D eigenvalue weighted by Crippen LogP contribution is -2.40. The van der Waals surface area contributed by atoms with E-state index in [4.69, 9.17) is 4.74 Å². The van der Waals surface area contributed by atoms with Gasteiger partial charge in [-0.25, -0.2) is 0 Å². The fourth-order valence-corrected chi connectivity index (χ4v) is 4.28. The van der Waals surface area contributed by atoms with Gasteiger partial charge in [-0.1, -0.05) is 24.3 Å². The largest absolute Gasteiger partial charge is 0.466 e. The number of piperidine rings is 1. The lowest BCUT2D eigenvalue weighted by Gasteiger charge is -2.31. The summed E-state index contributed by atoms with van der Waals surface area (Å²) in [5.74, 6) is -0.326. The first-order valence-electron chi connectivity index (χ1n) is 11.1. The van der Waals surface area contributed by atoms with Gasteiger partial charge in [0.2, 0.25) is 17.8 Å². The summed E-state index contributed by atoms with van der Waals surface area (Å²) < 4.78 is 43.5. The molecule has 0 spiro atoms. The van der Waals surface area contributed by atoms with Gasteiger partial charge in [-0.15, -0.1) is 0 Å². The fourth-order valence-electron chi connectivity index (χ4n) is 4.28. The molecule has 4 rings (SSSR count). The van der Waals surface area contributed by atoms with Crippen LogP contribution in [0.5, 0.6) is 0 Å². The highest BCUT2D eigenvalue weighted by Crippen LogP contribution is 2.26. The summed E-state index contributed by atoms with van der Waals surface area (Å²) in [4.78, 5) is 26.9. The van der Waals surface area contributed by atoms with Gasteiger partial charge < -0.3 is 20.3 Å². The van der Waals surface area contributed by atoms with Crippen LogP contribution in [0.3, 0.4) is 0 Å². The number of aromatic nitrogens is 3. The summed E-state index contributed by atoms with van der Waals surface area (Å²) in [5, 5.41) is 5.51. The molecular formula is C22H27F3N6O2. The van der Waals surface area contributed by atoms with Crippen LogP contribution in [0.4, 0.5) is 31.0 Å². The predicted molar refractivity (Wildman–Crippen MR) is 117 cm³/mol. The molecule has 1 aromatic heterocycles. The predicted octanol–water partition coefficient (Wildman–Crippen LogP) is 3.20. The number of carbonyl (C=O) groups excluding carboxylic acids is 1. The van der Waals surface area contributed by atoms with Crippen LogP contribution in [0.2, 0.25) is 0 Å². The first kappa shape index (κ1) is 23.1. The summed E-state index contributed by atoms with van der Waals surface area (Å²) in [6, 6.07) is 8.13. The lowest BCUT2D eigenvalue weighted by atomic mass is 9.98. The van der Waals surface area contributed by atoms with E-state index in [-0.39, 0.29) is 35.8 Å². The minimum Gasteiger partial charge on any atom is -0.466 e. The molecule has 2 aliphatic rings. The standard InChI is InChI=1S/C22H27F3N6O2/c1-2-33-18(32)16-8-5-9-31(12-16)21-29-19(26-13-22(23,24)25)28-20(30-21)27-17-10-14-6-3-4-7-15(14)11-17/h3-4,6-7,16-17H,2,5,8-13H2,1H3,(H2,26,27,28,29,30). The van der Waals surface area contributed by atoms with E-state index in [1.54, 1.807) is 11.8 Å². The third-order valence-electron chi connectivity index (χ3n) is 5.78. The summed E-state index contributed by atoms with van der Waals surface area (Å²) in [6.45, 7) is 1.73. The van der Waals surface area contributed by atoms with Gasteiger partial charge in [-0.2, -0.15) is 28.1 Å². The van der Waals surface area contributed by atoms with Crippen molar-refractivity contribution in [3.63, 3.8) is 0 Å². The van der Waals surface area contributed by atoms with E-state index in [0.717, 1.165) is 19.3 Å². The van der Waals surface area contributed by atoms with Gasteiger partial charge in [-0.3, -0.25) is 4.79 Å². The maximum atomic E-state index is 12.8. The number of carbonyl (C=O) groups is 1. The number of fused-ring (bicyclic) bond motifs is 1. The topological polar surface area (TPSA) is 92.3 Å². The highest BCUT2D eigenvalue weighted by Gasteiger charge is 2.31. The van der Waals surface area contributed by atoms with Gasteiger partial charge in [-0.05, 0) is 43.7 Å². The summed E-state index contributed by atoms with van der Waals surface area (Å²) in [7, 11) is 0. The van der Waals surface area contributed by atoms with Crippen LogP contribution in [0.15, 0.2) is 24.3 Å². The molecule has 33 heavy (non-hydrogen) atoms. The van der Waals surface area contributed by atoms with Crippen LogP contribution in [0.1, 0.15) is 30.9 Å². The number of hydrogen-bond acceptors (Lipinski definition) is 8. The molecule has 1 aliphatic carbocycles. The summed E-state index contributed by atoms with van der Waals surface area (Å²) >= 11 is 0. The Labute approximate surface area is 190 Å². The average molecular weight is 464 g/mol. The zero-order chi connectivity index (χ0) is 23.4. The van der Waals surface area contributed by atoms with Crippen molar-refractivity contribution in [1.82, 2.24) is 15.0 Å². The normalized spacial score (nSPS) is 18.7. The fraction of sp³-hybridized carbons (Fsp3) is 0.545. The molecule has 2 heterocycles. The molecule has 2 aromatic rings. The Morgan fingerprint density at radius 3 is 2.52 bits per heavy atom. The van der Waals surface area contributed by atoms with Gasteiger partial charge >= 0.3 is 12.1 Å². The molecule has 1 saturated heterocycles. The monoisotopic (exact) mass is 464 g/mol. The van der Waals surface area contributed by atoms with Gasteiger partial charge in [0, 0.05) is 19.1 Å². The smallest absolute Gasteiger partial charge is 0.405 e. The van der Waals surface area contributed by atoms with Crippen LogP contribution in [0.25, 0.3) is 0 Å². The zero-order valence-electron chi connectivity index (χ0n) is 18.4. The Morgan fingerprint density at radius 1 is 1.15 bits per heavy atom. The van der Waals surface area contributed by atoms with E-state index >= 15 is 0 Å². The minimum absolute atomic E-state index is 0.0294. The van der Waals surface area contributed by atoms with Gasteiger partial charge in [0.15, 0.2) is 0 Å². The molecule has 0 bridgehead atoms. The number of ether oxygens (including phenoxy) is 1. The van der Waals surface area contributed by atoms with Crippen LogP contribution < -0.4 is 15.5 Å². The van der Waals surface area contributed by atoms with E-state index in [2.05, 4.69) is 37.7 Å². The average Bonchev–Trinajstić information content (AvgIpc) is 3.19. The van der Waals surface area contributed by atoms with Crippen molar-refractivity contribution in [2.24, 2.45) is 5.92 Å².